The molecular weight excluding hydrogens is 304 g/mol. The Kier molecular flexibility index (Phi) is 6.01. The van der Waals surface area contributed by atoms with Crippen molar-refractivity contribution in [2.75, 3.05) is 6.61 Å². The summed E-state index contributed by atoms with van der Waals surface area (Å²) in [6, 6.07) is 19.8. The van der Waals surface area contributed by atoms with Gasteiger partial charge in [0.15, 0.2) is 0 Å². The molecule has 0 bridgehead atoms. The second-order valence-electron chi connectivity index (χ2n) is 5.76. The third kappa shape index (κ3) is 4.68. The van der Waals surface area contributed by atoms with E-state index in [1.807, 2.05) is 60.7 Å². The van der Waals surface area contributed by atoms with Gasteiger partial charge in [-0.2, -0.15) is 0 Å². The second-order valence-corrected chi connectivity index (χ2v) is 5.76. The third-order valence-electron chi connectivity index (χ3n) is 3.92. The van der Waals surface area contributed by atoms with Gasteiger partial charge >= 0.3 is 0 Å². The maximum Gasteiger partial charge on any atom is 0.150 e. The SMILES string of the molecule is O[C@@H]1[C@@H](OCc2ccccc2)C=CO[C@H]1COCc1ccccc1. The number of rotatable bonds is 7. The van der Waals surface area contributed by atoms with E-state index >= 15 is 0 Å². The molecule has 1 N–H and O–H groups in total. The molecule has 2 aromatic carbocycles. The van der Waals surface area contributed by atoms with Gasteiger partial charge in [-0.25, -0.2) is 0 Å². The summed E-state index contributed by atoms with van der Waals surface area (Å²) in [5.41, 5.74) is 2.16. The van der Waals surface area contributed by atoms with E-state index in [1.54, 1.807) is 12.3 Å². The second kappa shape index (κ2) is 8.64. The average molecular weight is 326 g/mol. The fourth-order valence-electron chi connectivity index (χ4n) is 2.56. The molecule has 4 nitrogen and oxygen atoms in total. The lowest BCUT2D eigenvalue weighted by Gasteiger charge is -2.31. The summed E-state index contributed by atoms with van der Waals surface area (Å²) in [5, 5.41) is 10.4. The number of benzene rings is 2. The van der Waals surface area contributed by atoms with Gasteiger partial charge in [-0.1, -0.05) is 60.7 Å². The molecule has 0 unspecified atom stereocenters. The van der Waals surface area contributed by atoms with Crippen molar-refractivity contribution in [2.24, 2.45) is 0 Å². The molecule has 1 heterocycles. The highest BCUT2D eigenvalue weighted by Gasteiger charge is 2.31. The zero-order chi connectivity index (χ0) is 16.6. The first-order chi connectivity index (χ1) is 11.8. The zero-order valence-electron chi connectivity index (χ0n) is 13.5. The van der Waals surface area contributed by atoms with Crippen LogP contribution in [0, 0.1) is 0 Å². The quantitative estimate of drug-likeness (QED) is 0.849. The van der Waals surface area contributed by atoms with Crippen LogP contribution < -0.4 is 0 Å². The molecule has 2 aromatic rings. The van der Waals surface area contributed by atoms with Crippen molar-refractivity contribution in [1.29, 1.82) is 0 Å². The monoisotopic (exact) mass is 326 g/mol. The number of hydrogen-bond donors (Lipinski definition) is 1. The van der Waals surface area contributed by atoms with Crippen LogP contribution in [0.4, 0.5) is 0 Å². The molecule has 3 rings (SSSR count). The molecule has 0 aliphatic carbocycles. The van der Waals surface area contributed by atoms with Gasteiger partial charge in [-0.15, -0.1) is 0 Å². The fourth-order valence-corrected chi connectivity index (χ4v) is 2.56. The predicted octanol–water partition coefficient (Wildman–Crippen LogP) is 3.06. The predicted molar refractivity (Wildman–Crippen MR) is 91.1 cm³/mol. The molecule has 3 atom stereocenters. The highest BCUT2D eigenvalue weighted by atomic mass is 16.6. The van der Waals surface area contributed by atoms with E-state index in [2.05, 4.69) is 0 Å². The van der Waals surface area contributed by atoms with Gasteiger partial charge in [-0.3, -0.25) is 0 Å². The van der Waals surface area contributed by atoms with E-state index in [0.29, 0.717) is 19.8 Å². The average Bonchev–Trinajstić information content (AvgIpc) is 2.64. The van der Waals surface area contributed by atoms with Crippen LogP contribution in [0.1, 0.15) is 11.1 Å². The highest BCUT2D eigenvalue weighted by molar-refractivity contribution is 5.14. The van der Waals surface area contributed by atoms with Gasteiger partial charge in [0.1, 0.15) is 18.3 Å². The van der Waals surface area contributed by atoms with Crippen molar-refractivity contribution >= 4 is 0 Å². The summed E-state index contributed by atoms with van der Waals surface area (Å²) >= 11 is 0. The Morgan fingerprint density at radius 3 is 2.17 bits per heavy atom. The summed E-state index contributed by atoms with van der Waals surface area (Å²) < 4.78 is 16.9. The van der Waals surface area contributed by atoms with Gasteiger partial charge in [0.05, 0.1) is 26.1 Å². The summed E-state index contributed by atoms with van der Waals surface area (Å²) in [7, 11) is 0. The fraction of sp³-hybridized carbons (Fsp3) is 0.300. The minimum Gasteiger partial charge on any atom is -0.493 e. The summed E-state index contributed by atoms with van der Waals surface area (Å²) in [6.45, 7) is 1.25. The molecule has 4 heteroatoms. The molecular formula is C20H22O4. The van der Waals surface area contributed by atoms with Crippen molar-refractivity contribution in [3.8, 4) is 0 Å². The summed E-state index contributed by atoms with van der Waals surface area (Å²) in [5.74, 6) is 0. The Labute approximate surface area is 142 Å². The standard InChI is InChI=1S/C20H22O4/c21-20-18(24-14-17-9-5-2-6-10-17)11-12-23-19(20)15-22-13-16-7-3-1-4-8-16/h1-12,18-21H,13-15H2/t18-,19-,20+/m0/s1. The van der Waals surface area contributed by atoms with Crippen LogP contribution in [-0.2, 0) is 27.4 Å². The van der Waals surface area contributed by atoms with E-state index in [4.69, 9.17) is 14.2 Å². The first kappa shape index (κ1) is 16.7. The molecule has 1 aliphatic rings. The maximum atomic E-state index is 10.4. The van der Waals surface area contributed by atoms with Crippen LogP contribution in [-0.4, -0.2) is 30.0 Å². The van der Waals surface area contributed by atoms with E-state index in [0.717, 1.165) is 11.1 Å². The van der Waals surface area contributed by atoms with E-state index in [-0.39, 0.29) is 0 Å². The van der Waals surface area contributed by atoms with Crippen molar-refractivity contribution in [1.82, 2.24) is 0 Å². The zero-order valence-corrected chi connectivity index (χ0v) is 13.5. The number of aliphatic hydroxyl groups excluding tert-OH is 1. The van der Waals surface area contributed by atoms with Gasteiger partial charge in [0.2, 0.25) is 0 Å². The number of ether oxygens (including phenoxy) is 3. The molecule has 0 fully saturated rings. The van der Waals surface area contributed by atoms with E-state index in [9.17, 15) is 5.11 Å². The van der Waals surface area contributed by atoms with Crippen LogP contribution >= 0.6 is 0 Å². The first-order valence-electron chi connectivity index (χ1n) is 8.10. The Balaban J connectivity index is 1.46. The third-order valence-corrected chi connectivity index (χ3v) is 3.92. The van der Waals surface area contributed by atoms with Crippen LogP contribution in [0.2, 0.25) is 0 Å². The first-order valence-corrected chi connectivity index (χ1v) is 8.10. The largest absolute Gasteiger partial charge is 0.493 e. The smallest absolute Gasteiger partial charge is 0.150 e. The topological polar surface area (TPSA) is 47.9 Å². The minimum absolute atomic E-state index is 0.311. The van der Waals surface area contributed by atoms with E-state index < -0.39 is 18.3 Å². The molecule has 0 saturated carbocycles. The van der Waals surface area contributed by atoms with Gasteiger partial charge < -0.3 is 19.3 Å². The molecule has 0 radical (unpaired) electrons. The number of aliphatic hydroxyl groups is 1. The normalized spacial score (nSPS) is 23.0. The lowest BCUT2D eigenvalue weighted by atomic mass is 10.1. The van der Waals surface area contributed by atoms with Gasteiger partial charge in [0.25, 0.3) is 0 Å². The lowest BCUT2D eigenvalue weighted by Crippen LogP contribution is -2.44. The molecule has 0 amide bonds. The summed E-state index contributed by atoms with van der Waals surface area (Å²) in [4.78, 5) is 0. The van der Waals surface area contributed by atoms with Crippen LogP contribution in [0.3, 0.4) is 0 Å². The molecule has 126 valence electrons. The molecule has 0 spiro atoms. The van der Waals surface area contributed by atoms with Crippen LogP contribution in [0.25, 0.3) is 0 Å². The van der Waals surface area contributed by atoms with Crippen LogP contribution in [0.5, 0.6) is 0 Å². The van der Waals surface area contributed by atoms with Crippen molar-refractivity contribution in [3.63, 3.8) is 0 Å². The minimum atomic E-state index is -0.755. The molecule has 24 heavy (non-hydrogen) atoms. The Morgan fingerprint density at radius 2 is 1.50 bits per heavy atom. The Bertz CT molecular complexity index is 627. The maximum absolute atomic E-state index is 10.4. The molecule has 0 saturated heterocycles. The lowest BCUT2D eigenvalue weighted by molar-refractivity contribution is -0.116. The van der Waals surface area contributed by atoms with Crippen molar-refractivity contribution in [2.45, 2.75) is 31.5 Å². The Morgan fingerprint density at radius 1 is 0.875 bits per heavy atom. The van der Waals surface area contributed by atoms with Crippen molar-refractivity contribution < 1.29 is 19.3 Å². The van der Waals surface area contributed by atoms with Crippen LogP contribution in [0.15, 0.2) is 73.0 Å². The van der Waals surface area contributed by atoms with E-state index in [1.165, 1.54) is 0 Å². The Hall–Kier alpha value is -2.14. The van der Waals surface area contributed by atoms with Gasteiger partial charge in [-0.05, 0) is 17.2 Å². The van der Waals surface area contributed by atoms with Crippen molar-refractivity contribution in [3.05, 3.63) is 84.1 Å². The highest BCUT2D eigenvalue weighted by Crippen LogP contribution is 2.18. The van der Waals surface area contributed by atoms with Gasteiger partial charge in [0, 0.05) is 0 Å². The molecule has 0 aromatic heterocycles. The summed E-state index contributed by atoms with van der Waals surface area (Å²) in [6.07, 6.45) is 1.73. The molecule has 1 aliphatic heterocycles. The number of hydrogen-bond acceptors (Lipinski definition) is 4.